The SMILES string of the molecule is CO[C@H]1C[C@H](NC(C)C)C[C@@H]1C. The van der Waals surface area contributed by atoms with Crippen LogP contribution < -0.4 is 5.32 Å². The van der Waals surface area contributed by atoms with Crippen molar-refractivity contribution in [2.24, 2.45) is 5.92 Å². The van der Waals surface area contributed by atoms with Crippen molar-refractivity contribution in [1.29, 1.82) is 0 Å². The zero-order valence-electron chi connectivity index (χ0n) is 8.63. The molecule has 1 rings (SSSR count). The third kappa shape index (κ3) is 2.46. The van der Waals surface area contributed by atoms with Gasteiger partial charge in [0, 0.05) is 19.2 Å². The van der Waals surface area contributed by atoms with Gasteiger partial charge in [0.1, 0.15) is 0 Å². The maximum atomic E-state index is 5.40. The molecule has 1 N–H and O–H groups in total. The van der Waals surface area contributed by atoms with E-state index < -0.39 is 0 Å². The van der Waals surface area contributed by atoms with Gasteiger partial charge in [-0.2, -0.15) is 0 Å². The predicted octanol–water partition coefficient (Wildman–Crippen LogP) is 1.80. The number of hydrogen-bond donors (Lipinski definition) is 1. The molecule has 0 aromatic heterocycles. The van der Waals surface area contributed by atoms with Crippen LogP contribution in [0.2, 0.25) is 0 Å². The summed E-state index contributed by atoms with van der Waals surface area (Å²) in [5, 5.41) is 3.56. The largest absolute Gasteiger partial charge is 0.381 e. The van der Waals surface area contributed by atoms with Crippen LogP contribution in [0.4, 0.5) is 0 Å². The van der Waals surface area contributed by atoms with E-state index in [1.807, 2.05) is 7.11 Å². The molecule has 0 spiro atoms. The Morgan fingerprint density at radius 1 is 1.33 bits per heavy atom. The molecule has 2 nitrogen and oxygen atoms in total. The van der Waals surface area contributed by atoms with Crippen molar-refractivity contribution in [2.75, 3.05) is 7.11 Å². The standard InChI is InChI=1S/C10H21NO/c1-7(2)11-9-5-8(3)10(6-9)12-4/h7-11H,5-6H2,1-4H3/t8-,9+,10-/m0/s1. The van der Waals surface area contributed by atoms with Gasteiger partial charge in [-0.05, 0) is 18.8 Å². The fourth-order valence-corrected chi connectivity index (χ4v) is 2.15. The molecule has 0 heterocycles. The molecule has 12 heavy (non-hydrogen) atoms. The Hall–Kier alpha value is -0.0800. The summed E-state index contributed by atoms with van der Waals surface area (Å²) in [6.07, 6.45) is 2.91. The molecule has 0 aromatic rings. The van der Waals surface area contributed by atoms with Crippen molar-refractivity contribution in [1.82, 2.24) is 5.32 Å². The summed E-state index contributed by atoms with van der Waals surface area (Å²) in [4.78, 5) is 0. The molecule has 0 saturated heterocycles. The lowest BCUT2D eigenvalue weighted by Crippen LogP contribution is -2.33. The molecular weight excluding hydrogens is 150 g/mol. The second-order valence-corrected chi connectivity index (χ2v) is 4.24. The van der Waals surface area contributed by atoms with E-state index in [0.717, 1.165) is 0 Å². The summed E-state index contributed by atoms with van der Waals surface area (Å²) < 4.78 is 5.40. The topological polar surface area (TPSA) is 21.3 Å². The monoisotopic (exact) mass is 171 g/mol. The third-order valence-corrected chi connectivity index (χ3v) is 2.68. The van der Waals surface area contributed by atoms with Crippen LogP contribution in [0, 0.1) is 5.92 Å². The molecule has 0 aliphatic heterocycles. The summed E-state index contributed by atoms with van der Waals surface area (Å²) in [6, 6.07) is 1.27. The van der Waals surface area contributed by atoms with E-state index in [2.05, 4.69) is 26.1 Å². The first-order chi connectivity index (χ1) is 5.63. The van der Waals surface area contributed by atoms with Gasteiger partial charge in [0.2, 0.25) is 0 Å². The van der Waals surface area contributed by atoms with E-state index in [4.69, 9.17) is 4.74 Å². The highest BCUT2D eigenvalue weighted by Gasteiger charge is 2.31. The highest BCUT2D eigenvalue weighted by atomic mass is 16.5. The molecule has 1 fully saturated rings. The van der Waals surface area contributed by atoms with Crippen molar-refractivity contribution < 1.29 is 4.74 Å². The van der Waals surface area contributed by atoms with Crippen LogP contribution in [0.1, 0.15) is 33.6 Å². The Bertz CT molecular complexity index is 136. The van der Waals surface area contributed by atoms with Gasteiger partial charge < -0.3 is 10.1 Å². The Morgan fingerprint density at radius 2 is 2.00 bits per heavy atom. The minimum absolute atomic E-state index is 0.473. The summed E-state index contributed by atoms with van der Waals surface area (Å²) in [6.45, 7) is 6.67. The van der Waals surface area contributed by atoms with Gasteiger partial charge in [-0.15, -0.1) is 0 Å². The number of hydrogen-bond acceptors (Lipinski definition) is 2. The lowest BCUT2D eigenvalue weighted by atomic mass is 10.1. The van der Waals surface area contributed by atoms with Gasteiger partial charge in [-0.25, -0.2) is 0 Å². The maximum absolute atomic E-state index is 5.40. The van der Waals surface area contributed by atoms with E-state index in [-0.39, 0.29) is 0 Å². The molecule has 1 aliphatic carbocycles. The molecule has 0 aromatic carbocycles. The van der Waals surface area contributed by atoms with Crippen LogP contribution in [0.25, 0.3) is 0 Å². The number of methoxy groups -OCH3 is 1. The van der Waals surface area contributed by atoms with Crippen LogP contribution in [-0.2, 0) is 4.74 Å². The van der Waals surface area contributed by atoms with Gasteiger partial charge in [0.05, 0.1) is 6.10 Å². The first-order valence-corrected chi connectivity index (χ1v) is 4.92. The average molecular weight is 171 g/mol. The quantitative estimate of drug-likeness (QED) is 0.699. The summed E-state index contributed by atoms with van der Waals surface area (Å²) in [5.74, 6) is 0.714. The van der Waals surface area contributed by atoms with Gasteiger partial charge in [0.15, 0.2) is 0 Å². The summed E-state index contributed by atoms with van der Waals surface area (Å²) in [7, 11) is 1.82. The van der Waals surface area contributed by atoms with Crippen molar-refractivity contribution in [3.05, 3.63) is 0 Å². The number of nitrogens with one attached hydrogen (secondary N) is 1. The minimum Gasteiger partial charge on any atom is -0.381 e. The molecule has 2 heteroatoms. The van der Waals surface area contributed by atoms with Crippen molar-refractivity contribution in [2.45, 2.75) is 51.8 Å². The first kappa shape index (κ1) is 10.0. The van der Waals surface area contributed by atoms with Crippen LogP contribution in [0.15, 0.2) is 0 Å². The van der Waals surface area contributed by atoms with E-state index in [1.165, 1.54) is 12.8 Å². The smallest absolute Gasteiger partial charge is 0.0612 e. The van der Waals surface area contributed by atoms with E-state index in [9.17, 15) is 0 Å². The van der Waals surface area contributed by atoms with E-state index in [0.29, 0.717) is 24.1 Å². The molecule has 72 valence electrons. The van der Waals surface area contributed by atoms with Gasteiger partial charge >= 0.3 is 0 Å². The van der Waals surface area contributed by atoms with Crippen molar-refractivity contribution >= 4 is 0 Å². The molecule has 0 radical (unpaired) electrons. The lowest BCUT2D eigenvalue weighted by Gasteiger charge is -2.15. The minimum atomic E-state index is 0.473. The van der Waals surface area contributed by atoms with Crippen LogP contribution in [0.3, 0.4) is 0 Å². The Balaban J connectivity index is 2.33. The second-order valence-electron chi connectivity index (χ2n) is 4.24. The third-order valence-electron chi connectivity index (χ3n) is 2.68. The van der Waals surface area contributed by atoms with Crippen molar-refractivity contribution in [3.63, 3.8) is 0 Å². The molecule has 1 aliphatic rings. The van der Waals surface area contributed by atoms with Gasteiger partial charge in [-0.1, -0.05) is 20.8 Å². The van der Waals surface area contributed by atoms with Crippen LogP contribution in [-0.4, -0.2) is 25.3 Å². The van der Waals surface area contributed by atoms with Crippen LogP contribution in [0.5, 0.6) is 0 Å². The second kappa shape index (κ2) is 4.24. The zero-order chi connectivity index (χ0) is 9.14. The predicted molar refractivity (Wildman–Crippen MR) is 51.3 cm³/mol. The molecule has 1 saturated carbocycles. The average Bonchev–Trinajstić information content (AvgIpc) is 2.29. The summed E-state index contributed by atoms with van der Waals surface area (Å²) >= 11 is 0. The highest BCUT2D eigenvalue weighted by molar-refractivity contribution is 4.86. The Morgan fingerprint density at radius 3 is 2.42 bits per heavy atom. The zero-order valence-corrected chi connectivity index (χ0v) is 8.63. The maximum Gasteiger partial charge on any atom is 0.0612 e. The first-order valence-electron chi connectivity index (χ1n) is 4.92. The Kier molecular flexibility index (Phi) is 3.53. The van der Waals surface area contributed by atoms with E-state index in [1.54, 1.807) is 0 Å². The Labute approximate surface area is 75.7 Å². The van der Waals surface area contributed by atoms with E-state index >= 15 is 0 Å². The molecule has 0 bridgehead atoms. The molecule has 3 atom stereocenters. The normalized spacial score (nSPS) is 36.2. The number of ether oxygens (including phenoxy) is 1. The fourth-order valence-electron chi connectivity index (χ4n) is 2.15. The molecular formula is C10H21NO. The van der Waals surface area contributed by atoms with Gasteiger partial charge in [0.25, 0.3) is 0 Å². The highest BCUT2D eigenvalue weighted by Crippen LogP contribution is 2.27. The summed E-state index contributed by atoms with van der Waals surface area (Å²) in [5.41, 5.74) is 0. The molecule has 0 amide bonds. The van der Waals surface area contributed by atoms with Crippen LogP contribution >= 0.6 is 0 Å². The number of rotatable bonds is 3. The molecule has 0 unspecified atom stereocenters. The lowest BCUT2D eigenvalue weighted by molar-refractivity contribution is 0.0763. The van der Waals surface area contributed by atoms with Crippen molar-refractivity contribution in [3.8, 4) is 0 Å². The van der Waals surface area contributed by atoms with Gasteiger partial charge in [-0.3, -0.25) is 0 Å². The fraction of sp³-hybridized carbons (Fsp3) is 1.00.